The van der Waals surface area contributed by atoms with Crippen molar-refractivity contribution in [3.8, 4) is 5.69 Å². The fourth-order valence-corrected chi connectivity index (χ4v) is 3.99. The van der Waals surface area contributed by atoms with Crippen molar-refractivity contribution in [3.05, 3.63) is 65.9 Å². The molecular formula is C21H22FN5OS. The van der Waals surface area contributed by atoms with Crippen LogP contribution in [-0.2, 0) is 6.54 Å². The summed E-state index contributed by atoms with van der Waals surface area (Å²) in [4.78, 5) is 23.9. The molecule has 29 heavy (non-hydrogen) atoms. The molecule has 1 fully saturated rings. The van der Waals surface area contributed by atoms with Gasteiger partial charge < -0.3 is 10.2 Å². The van der Waals surface area contributed by atoms with Crippen molar-refractivity contribution in [1.82, 2.24) is 19.9 Å². The van der Waals surface area contributed by atoms with Crippen LogP contribution in [-0.4, -0.2) is 39.8 Å². The van der Waals surface area contributed by atoms with Gasteiger partial charge in [-0.05, 0) is 61.1 Å². The highest BCUT2D eigenvalue weighted by atomic mass is 32.2. The molecule has 1 aliphatic heterocycles. The second-order valence-corrected chi connectivity index (χ2v) is 7.61. The molecule has 1 amide bonds. The second-order valence-electron chi connectivity index (χ2n) is 6.84. The summed E-state index contributed by atoms with van der Waals surface area (Å²) in [5, 5.41) is 3.63. The number of nitrogens with one attached hydrogen (secondary N) is 1. The fourth-order valence-electron chi connectivity index (χ4n) is 3.44. The van der Waals surface area contributed by atoms with Gasteiger partial charge in [-0.2, -0.15) is 0 Å². The van der Waals surface area contributed by atoms with E-state index in [1.165, 1.54) is 36.7 Å². The largest absolute Gasteiger partial charge is 0.357 e. The van der Waals surface area contributed by atoms with E-state index in [4.69, 9.17) is 0 Å². The summed E-state index contributed by atoms with van der Waals surface area (Å²) >= 11 is 1.43. The van der Waals surface area contributed by atoms with Gasteiger partial charge in [-0.15, -0.1) is 0 Å². The van der Waals surface area contributed by atoms with Crippen LogP contribution < -0.4 is 10.2 Å². The van der Waals surface area contributed by atoms with Gasteiger partial charge in [-0.1, -0.05) is 11.8 Å². The van der Waals surface area contributed by atoms with Gasteiger partial charge in [0.05, 0.1) is 6.20 Å². The van der Waals surface area contributed by atoms with Gasteiger partial charge in [0.2, 0.25) is 0 Å². The molecule has 0 spiro atoms. The highest BCUT2D eigenvalue weighted by molar-refractivity contribution is 7.98. The molecule has 0 unspecified atom stereocenters. The Morgan fingerprint density at radius 2 is 1.93 bits per heavy atom. The smallest absolute Gasteiger partial charge is 0.270 e. The molecular weight excluding hydrogens is 389 g/mol. The molecule has 2 aromatic heterocycles. The minimum Gasteiger partial charge on any atom is -0.357 e. The molecule has 1 N–H and O–H groups in total. The highest BCUT2D eigenvalue weighted by Crippen LogP contribution is 2.22. The number of carbonyl (C=O) groups excluding carboxylic acids is 1. The van der Waals surface area contributed by atoms with Crippen LogP contribution in [0.5, 0.6) is 0 Å². The van der Waals surface area contributed by atoms with Gasteiger partial charge in [0.1, 0.15) is 17.3 Å². The molecule has 6 nitrogen and oxygen atoms in total. The first-order valence-corrected chi connectivity index (χ1v) is 10.7. The number of hydrogen-bond acceptors (Lipinski definition) is 5. The number of anilines is 1. The Kier molecular flexibility index (Phi) is 5.80. The fraction of sp³-hybridized carbons (Fsp3) is 0.286. The third kappa shape index (κ3) is 4.27. The molecule has 0 aliphatic carbocycles. The van der Waals surface area contributed by atoms with Crippen molar-refractivity contribution < 1.29 is 9.18 Å². The van der Waals surface area contributed by atoms with Gasteiger partial charge in [-0.3, -0.25) is 9.36 Å². The number of hydrogen-bond donors (Lipinski definition) is 1. The maximum atomic E-state index is 13.3. The average Bonchev–Trinajstić information content (AvgIpc) is 3.43. The van der Waals surface area contributed by atoms with Crippen LogP contribution in [0.3, 0.4) is 0 Å². The van der Waals surface area contributed by atoms with E-state index in [2.05, 4.69) is 20.2 Å². The summed E-state index contributed by atoms with van der Waals surface area (Å²) in [5.74, 6) is 0.397. The van der Waals surface area contributed by atoms with Crippen molar-refractivity contribution in [1.29, 1.82) is 0 Å². The SMILES string of the molecule is CSc1ncc(C(=O)NCc2ccnc(N3CCCC3)c2)n1-c1ccc(F)cc1. The molecule has 0 radical (unpaired) electrons. The molecule has 0 saturated carbocycles. The second kappa shape index (κ2) is 8.65. The van der Waals surface area contributed by atoms with Crippen LogP contribution in [0.1, 0.15) is 28.9 Å². The standard InChI is InChI=1S/C21H22FN5OS/c1-29-21-25-14-18(27(21)17-6-4-16(22)5-7-17)20(28)24-13-15-8-9-23-19(12-15)26-10-2-3-11-26/h4-9,12,14H,2-3,10-11,13H2,1H3,(H,24,28). The first-order valence-electron chi connectivity index (χ1n) is 9.51. The Labute approximate surface area is 173 Å². The Balaban J connectivity index is 1.51. The number of nitrogens with zero attached hydrogens (tertiary/aromatic N) is 4. The molecule has 4 rings (SSSR count). The average molecular weight is 412 g/mol. The summed E-state index contributed by atoms with van der Waals surface area (Å²) in [6.07, 6.45) is 7.60. The molecule has 0 atom stereocenters. The van der Waals surface area contributed by atoms with Crippen molar-refractivity contribution >= 4 is 23.5 Å². The zero-order valence-corrected chi connectivity index (χ0v) is 17.0. The van der Waals surface area contributed by atoms with E-state index in [0.29, 0.717) is 23.1 Å². The van der Waals surface area contributed by atoms with Crippen LogP contribution >= 0.6 is 11.8 Å². The maximum absolute atomic E-state index is 13.3. The van der Waals surface area contributed by atoms with E-state index in [9.17, 15) is 9.18 Å². The third-order valence-corrected chi connectivity index (χ3v) is 5.58. The topological polar surface area (TPSA) is 63.1 Å². The van der Waals surface area contributed by atoms with Gasteiger partial charge in [0, 0.05) is 31.5 Å². The number of rotatable bonds is 6. The Bertz CT molecular complexity index is 999. The number of aromatic nitrogens is 3. The first-order chi connectivity index (χ1) is 14.2. The van der Waals surface area contributed by atoms with Crippen LogP contribution in [0.4, 0.5) is 10.2 Å². The van der Waals surface area contributed by atoms with Gasteiger partial charge in [0.15, 0.2) is 5.16 Å². The number of pyridine rings is 1. The predicted octanol–water partition coefficient (Wildman–Crippen LogP) is 3.66. The van der Waals surface area contributed by atoms with Crippen molar-refractivity contribution in [2.45, 2.75) is 24.5 Å². The van der Waals surface area contributed by atoms with Gasteiger partial charge in [0.25, 0.3) is 5.91 Å². The normalized spacial score (nSPS) is 13.7. The number of imidazole rings is 1. The minimum atomic E-state index is -0.322. The summed E-state index contributed by atoms with van der Waals surface area (Å²) in [5.41, 5.74) is 2.10. The summed E-state index contributed by atoms with van der Waals surface area (Å²) in [6, 6.07) is 9.95. The molecule has 1 aromatic carbocycles. The zero-order chi connectivity index (χ0) is 20.2. The molecule has 3 heterocycles. The Hall–Kier alpha value is -2.87. The number of benzene rings is 1. The monoisotopic (exact) mass is 411 g/mol. The van der Waals surface area contributed by atoms with Crippen LogP contribution in [0.2, 0.25) is 0 Å². The zero-order valence-electron chi connectivity index (χ0n) is 16.1. The number of amides is 1. The van der Waals surface area contributed by atoms with E-state index < -0.39 is 0 Å². The molecule has 150 valence electrons. The van der Waals surface area contributed by atoms with E-state index in [1.807, 2.05) is 18.4 Å². The summed E-state index contributed by atoms with van der Waals surface area (Å²) in [6.45, 7) is 2.44. The lowest BCUT2D eigenvalue weighted by atomic mass is 10.2. The first kappa shape index (κ1) is 19.4. The molecule has 0 bridgehead atoms. The molecule has 1 aliphatic rings. The maximum Gasteiger partial charge on any atom is 0.270 e. The number of thioether (sulfide) groups is 1. The van der Waals surface area contributed by atoms with E-state index in [1.54, 1.807) is 29.1 Å². The molecule has 8 heteroatoms. The lowest BCUT2D eigenvalue weighted by molar-refractivity contribution is 0.0943. The highest BCUT2D eigenvalue weighted by Gasteiger charge is 2.18. The summed E-state index contributed by atoms with van der Waals surface area (Å²) < 4.78 is 15.0. The molecule has 1 saturated heterocycles. The van der Waals surface area contributed by atoms with Gasteiger partial charge in [-0.25, -0.2) is 14.4 Å². The summed E-state index contributed by atoms with van der Waals surface area (Å²) in [7, 11) is 0. The van der Waals surface area contributed by atoms with Crippen molar-refractivity contribution in [2.24, 2.45) is 0 Å². The Morgan fingerprint density at radius 1 is 1.17 bits per heavy atom. The van der Waals surface area contributed by atoms with E-state index in [0.717, 1.165) is 24.5 Å². The lowest BCUT2D eigenvalue weighted by Crippen LogP contribution is -2.25. The predicted molar refractivity (Wildman–Crippen MR) is 112 cm³/mol. The molecule has 3 aromatic rings. The minimum absolute atomic E-state index is 0.235. The van der Waals surface area contributed by atoms with E-state index in [-0.39, 0.29) is 11.7 Å². The third-order valence-electron chi connectivity index (χ3n) is 4.92. The Morgan fingerprint density at radius 3 is 2.66 bits per heavy atom. The lowest BCUT2D eigenvalue weighted by Gasteiger charge is -2.17. The van der Waals surface area contributed by atoms with Crippen molar-refractivity contribution in [2.75, 3.05) is 24.2 Å². The number of carbonyl (C=O) groups is 1. The quantitative estimate of drug-likeness (QED) is 0.627. The van der Waals surface area contributed by atoms with E-state index >= 15 is 0 Å². The van der Waals surface area contributed by atoms with Crippen molar-refractivity contribution in [3.63, 3.8) is 0 Å². The van der Waals surface area contributed by atoms with Crippen LogP contribution in [0, 0.1) is 5.82 Å². The van der Waals surface area contributed by atoms with Crippen LogP contribution in [0.25, 0.3) is 5.69 Å². The number of halogens is 1. The van der Waals surface area contributed by atoms with Crippen LogP contribution in [0.15, 0.2) is 53.9 Å². The van der Waals surface area contributed by atoms with Gasteiger partial charge >= 0.3 is 0 Å².